The first-order valence-electron chi connectivity index (χ1n) is 3.87. The van der Waals surface area contributed by atoms with Crippen LogP contribution in [-0.2, 0) is 24.4 Å². The third-order valence-electron chi connectivity index (χ3n) is 1.33. The van der Waals surface area contributed by atoms with Gasteiger partial charge in [0.25, 0.3) is 9.05 Å². The van der Waals surface area contributed by atoms with Crippen LogP contribution in [0.15, 0.2) is 30.3 Å². The summed E-state index contributed by atoms with van der Waals surface area (Å²) in [4.78, 5) is 0. The van der Waals surface area contributed by atoms with E-state index in [0.717, 1.165) is 0 Å². The summed E-state index contributed by atoms with van der Waals surface area (Å²) >= 11 is 4.12. The summed E-state index contributed by atoms with van der Waals surface area (Å²) in [6, 6.07) is 9.10. The summed E-state index contributed by atoms with van der Waals surface area (Å²) in [6.45, 7) is 0.186. The van der Waals surface area contributed by atoms with Crippen molar-refractivity contribution in [2.75, 3.05) is 13.2 Å². The van der Waals surface area contributed by atoms with Gasteiger partial charge in [-0.25, -0.2) is 0 Å². The SMILES string of the molecule is O=S(O)(=S)OCCOc1ccccc1. The summed E-state index contributed by atoms with van der Waals surface area (Å²) < 4.78 is 28.7. The van der Waals surface area contributed by atoms with Crippen molar-refractivity contribution in [3.05, 3.63) is 30.3 Å². The molecule has 6 heteroatoms. The molecule has 0 aromatic heterocycles. The molecule has 0 bridgehead atoms. The van der Waals surface area contributed by atoms with Crippen molar-refractivity contribution in [1.29, 1.82) is 0 Å². The molecule has 0 fully saturated rings. The van der Waals surface area contributed by atoms with Gasteiger partial charge in [-0.1, -0.05) is 18.2 Å². The molecule has 0 heterocycles. The topological polar surface area (TPSA) is 55.8 Å². The highest BCUT2D eigenvalue weighted by Gasteiger charge is 1.99. The van der Waals surface area contributed by atoms with Crippen molar-refractivity contribution in [2.24, 2.45) is 0 Å². The minimum absolute atomic E-state index is 0.00622. The van der Waals surface area contributed by atoms with Crippen molar-refractivity contribution >= 4 is 20.2 Å². The van der Waals surface area contributed by atoms with E-state index < -0.39 is 9.05 Å². The highest BCUT2D eigenvalue weighted by atomic mass is 32.9. The van der Waals surface area contributed by atoms with Gasteiger partial charge in [-0.3, -0.25) is 8.74 Å². The zero-order valence-electron chi connectivity index (χ0n) is 7.29. The predicted molar refractivity (Wildman–Crippen MR) is 56.0 cm³/mol. The summed E-state index contributed by atoms with van der Waals surface area (Å²) in [5.74, 6) is 0.685. The van der Waals surface area contributed by atoms with Crippen molar-refractivity contribution in [3.8, 4) is 5.75 Å². The molecular formula is C8H10O4S2. The number of ether oxygens (including phenoxy) is 1. The monoisotopic (exact) mass is 234 g/mol. The Morgan fingerprint density at radius 3 is 2.50 bits per heavy atom. The lowest BCUT2D eigenvalue weighted by Gasteiger charge is -2.05. The van der Waals surface area contributed by atoms with Gasteiger partial charge in [-0.15, -0.1) is 0 Å². The van der Waals surface area contributed by atoms with Crippen LogP contribution in [0.5, 0.6) is 5.75 Å². The molecule has 1 unspecified atom stereocenters. The Bertz CT molecular complexity index is 360. The van der Waals surface area contributed by atoms with E-state index in [9.17, 15) is 4.21 Å². The van der Waals surface area contributed by atoms with Crippen LogP contribution in [-0.4, -0.2) is 22.0 Å². The van der Waals surface area contributed by atoms with Gasteiger partial charge in [0.05, 0.1) is 0 Å². The van der Waals surface area contributed by atoms with Crippen LogP contribution in [0.3, 0.4) is 0 Å². The number of para-hydroxylation sites is 1. The zero-order valence-corrected chi connectivity index (χ0v) is 8.92. The van der Waals surface area contributed by atoms with Gasteiger partial charge in [0.2, 0.25) is 0 Å². The molecule has 1 aromatic carbocycles. The van der Waals surface area contributed by atoms with E-state index in [0.29, 0.717) is 5.75 Å². The van der Waals surface area contributed by atoms with Gasteiger partial charge in [0.15, 0.2) is 0 Å². The molecule has 1 N–H and O–H groups in total. The van der Waals surface area contributed by atoms with Crippen LogP contribution in [0.1, 0.15) is 0 Å². The molecule has 0 saturated heterocycles. The van der Waals surface area contributed by atoms with E-state index in [1.807, 2.05) is 18.2 Å². The molecule has 1 atom stereocenters. The highest BCUT2D eigenvalue weighted by Crippen LogP contribution is 2.07. The molecule has 0 amide bonds. The third-order valence-corrected chi connectivity index (χ3v) is 2.08. The molecule has 0 aliphatic rings. The van der Waals surface area contributed by atoms with Crippen molar-refractivity contribution < 1.29 is 17.7 Å². The van der Waals surface area contributed by atoms with Gasteiger partial charge in [0, 0.05) is 11.2 Å². The second-order valence-electron chi connectivity index (χ2n) is 2.41. The minimum Gasteiger partial charge on any atom is -0.491 e. The first-order valence-corrected chi connectivity index (χ1v) is 6.24. The Labute approximate surface area is 87.6 Å². The Morgan fingerprint density at radius 1 is 1.29 bits per heavy atom. The maximum atomic E-state index is 10.5. The fourth-order valence-electron chi connectivity index (χ4n) is 0.816. The maximum Gasteiger partial charge on any atom is 0.266 e. The summed E-state index contributed by atoms with van der Waals surface area (Å²) in [5, 5.41) is 0. The van der Waals surface area contributed by atoms with E-state index >= 15 is 0 Å². The van der Waals surface area contributed by atoms with Gasteiger partial charge in [0.1, 0.15) is 19.0 Å². The maximum absolute atomic E-state index is 10.5. The average Bonchev–Trinajstić information content (AvgIpc) is 2.13. The van der Waals surface area contributed by atoms with Crippen molar-refractivity contribution in [1.82, 2.24) is 0 Å². The molecule has 14 heavy (non-hydrogen) atoms. The molecular weight excluding hydrogens is 224 g/mol. The summed E-state index contributed by atoms with van der Waals surface area (Å²) in [5.41, 5.74) is 0. The number of rotatable bonds is 5. The fourth-order valence-corrected chi connectivity index (χ4v) is 1.30. The second kappa shape index (κ2) is 5.26. The lowest BCUT2D eigenvalue weighted by Crippen LogP contribution is -2.10. The van der Waals surface area contributed by atoms with Gasteiger partial charge < -0.3 is 4.74 Å². The lowest BCUT2D eigenvalue weighted by molar-refractivity contribution is 0.216. The van der Waals surface area contributed by atoms with E-state index in [4.69, 9.17) is 9.29 Å². The molecule has 0 aliphatic carbocycles. The molecule has 0 saturated carbocycles. The quantitative estimate of drug-likeness (QED) is 0.776. The van der Waals surface area contributed by atoms with Crippen LogP contribution in [0.25, 0.3) is 0 Å². The van der Waals surface area contributed by atoms with Crippen molar-refractivity contribution in [2.45, 2.75) is 0 Å². The van der Waals surface area contributed by atoms with Gasteiger partial charge >= 0.3 is 0 Å². The molecule has 0 radical (unpaired) electrons. The number of benzene rings is 1. The Morgan fingerprint density at radius 2 is 1.93 bits per heavy atom. The fraction of sp³-hybridized carbons (Fsp3) is 0.250. The van der Waals surface area contributed by atoms with Crippen LogP contribution in [0.4, 0.5) is 0 Å². The van der Waals surface area contributed by atoms with Gasteiger partial charge in [-0.2, -0.15) is 4.21 Å². The number of hydrogen-bond donors (Lipinski definition) is 1. The first kappa shape index (κ1) is 11.4. The summed E-state index contributed by atoms with van der Waals surface area (Å²) in [6.07, 6.45) is 0. The largest absolute Gasteiger partial charge is 0.491 e. The van der Waals surface area contributed by atoms with Crippen LogP contribution < -0.4 is 4.74 Å². The molecule has 78 valence electrons. The predicted octanol–water partition coefficient (Wildman–Crippen LogP) is 1.22. The first-order chi connectivity index (χ1) is 6.58. The Hall–Kier alpha value is -0.690. The molecule has 0 aliphatic heterocycles. The standard InChI is InChI=1S/C8H10O4S2/c9-14(10,13)12-7-6-11-8-4-2-1-3-5-8/h1-5H,6-7H2,(H,9,10,13). The van der Waals surface area contributed by atoms with Crippen LogP contribution >= 0.6 is 0 Å². The van der Waals surface area contributed by atoms with Crippen LogP contribution in [0.2, 0.25) is 0 Å². The van der Waals surface area contributed by atoms with E-state index in [-0.39, 0.29) is 13.2 Å². The zero-order chi connectivity index (χ0) is 10.4. The molecule has 4 nitrogen and oxygen atoms in total. The average molecular weight is 234 g/mol. The Kier molecular flexibility index (Phi) is 4.27. The molecule has 1 aromatic rings. The van der Waals surface area contributed by atoms with Crippen molar-refractivity contribution in [3.63, 3.8) is 0 Å². The minimum atomic E-state index is -3.53. The second-order valence-corrected chi connectivity index (χ2v) is 4.77. The summed E-state index contributed by atoms with van der Waals surface area (Å²) in [7, 11) is -3.53. The number of hydrogen-bond acceptors (Lipinski definition) is 4. The highest BCUT2D eigenvalue weighted by molar-refractivity contribution is 8.27. The van der Waals surface area contributed by atoms with E-state index in [2.05, 4.69) is 15.4 Å². The van der Waals surface area contributed by atoms with E-state index in [1.165, 1.54) is 0 Å². The van der Waals surface area contributed by atoms with Crippen LogP contribution in [0, 0.1) is 0 Å². The van der Waals surface area contributed by atoms with E-state index in [1.54, 1.807) is 12.1 Å². The lowest BCUT2D eigenvalue weighted by atomic mass is 10.3. The molecule has 1 rings (SSSR count). The van der Waals surface area contributed by atoms with Gasteiger partial charge in [-0.05, 0) is 12.1 Å². The third kappa shape index (κ3) is 5.13. The molecule has 0 spiro atoms. The smallest absolute Gasteiger partial charge is 0.266 e. The Balaban J connectivity index is 2.23. The normalized spacial score (nSPS) is 14.6.